The standard InChI is InChI=1S/C16H16FNO/c1-12-5-4-7-14(11-12)18-16(19)10-9-13-6-2-3-8-15(13)17/h2-8,11H,9-10H2,1H3,(H,18,19). The molecule has 1 N–H and O–H groups in total. The zero-order valence-corrected chi connectivity index (χ0v) is 10.8. The van der Waals surface area contributed by atoms with Gasteiger partial charge in [0.25, 0.3) is 0 Å². The summed E-state index contributed by atoms with van der Waals surface area (Å²) in [6.07, 6.45) is 0.680. The lowest BCUT2D eigenvalue weighted by atomic mass is 10.1. The molecule has 2 nitrogen and oxygen atoms in total. The predicted molar refractivity (Wildman–Crippen MR) is 74.5 cm³/mol. The van der Waals surface area contributed by atoms with Crippen molar-refractivity contribution in [2.45, 2.75) is 19.8 Å². The number of anilines is 1. The van der Waals surface area contributed by atoms with E-state index in [4.69, 9.17) is 0 Å². The van der Waals surface area contributed by atoms with Crippen LogP contribution in [0.4, 0.5) is 10.1 Å². The molecule has 0 saturated carbocycles. The van der Waals surface area contributed by atoms with Gasteiger partial charge >= 0.3 is 0 Å². The van der Waals surface area contributed by atoms with Gasteiger partial charge in [-0.25, -0.2) is 4.39 Å². The van der Waals surface area contributed by atoms with Gasteiger partial charge in [-0.1, -0.05) is 30.3 Å². The van der Waals surface area contributed by atoms with E-state index in [1.807, 2.05) is 31.2 Å². The van der Waals surface area contributed by atoms with E-state index < -0.39 is 0 Å². The molecule has 2 aromatic carbocycles. The van der Waals surface area contributed by atoms with Crippen LogP contribution >= 0.6 is 0 Å². The van der Waals surface area contributed by atoms with Crippen LogP contribution in [0.5, 0.6) is 0 Å². The Hall–Kier alpha value is -2.16. The van der Waals surface area contributed by atoms with E-state index in [0.29, 0.717) is 12.0 Å². The topological polar surface area (TPSA) is 29.1 Å². The second-order valence-electron chi connectivity index (χ2n) is 4.51. The van der Waals surface area contributed by atoms with E-state index in [9.17, 15) is 9.18 Å². The summed E-state index contributed by atoms with van der Waals surface area (Å²) < 4.78 is 13.4. The lowest BCUT2D eigenvalue weighted by Crippen LogP contribution is -2.12. The molecule has 0 aromatic heterocycles. The summed E-state index contributed by atoms with van der Waals surface area (Å²) >= 11 is 0. The third-order valence-corrected chi connectivity index (χ3v) is 2.88. The second kappa shape index (κ2) is 6.14. The molecule has 3 heteroatoms. The number of rotatable bonds is 4. The quantitative estimate of drug-likeness (QED) is 0.889. The molecule has 0 unspecified atom stereocenters. The van der Waals surface area contributed by atoms with Gasteiger partial charge < -0.3 is 5.32 Å². The molecule has 2 aromatic rings. The van der Waals surface area contributed by atoms with E-state index in [1.165, 1.54) is 6.07 Å². The SMILES string of the molecule is Cc1cccc(NC(=O)CCc2ccccc2F)c1. The highest BCUT2D eigenvalue weighted by molar-refractivity contribution is 5.90. The van der Waals surface area contributed by atoms with Crippen molar-refractivity contribution in [3.63, 3.8) is 0 Å². The first-order chi connectivity index (χ1) is 9.15. The summed E-state index contributed by atoms with van der Waals surface area (Å²) in [5, 5.41) is 2.81. The molecular formula is C16H16FNO. The van der Waals surface area contributed by atoms with Crippen molar-refractivity contribution in [3.8, 4) is 0 Å². The van der Waals surface area contributed by atoms with Gasteiger partial charge in [-0.3, -0.25) is 4.79 Å². The van der Waals surface area contributed by atoms with Crippen LogP contribution in [0.15, 0.2) is 48.5 Å². The summed E-state index contributed by atoms with van der Waals surface area (Å²) in [6.45, 7) is 1.97. The maximum atomic E-state index is 13.4. The molecular weight excluding hydrogens is 241 g/mol. The van der Waals surface area contributed by atoms with Crippen LogP contribution in [0.1, 0.15) is 17.5 Å². The number of halogens is 1. The zero-order chi connectivity index (χ0) is 13.7. The molecule has 19 heavy (non-hydrogen) atoms. The molecule has 0 radical (unpaired) electrons. The average molecular weight is 257 g/mol. The van der Waals surface area contributed by atoms with Crippen LogP contribution in [0, 0.1) is 12.7 Å². The predicted octanol–water partition coefficient (Wildman–Crippen LogP) is 3.71. The van der Waals surface area contributed by atoms with Crippen LogP contribution in [0.3, 0.4) is 0 Å². The lowest BCUT2D eigenvalue weighted by Gasteiger charge is -2.06. The van der Waals surface area contributed by atoms with Crippen molar-refractivity contribution in [2.24, 2.45) is 0 Å². The Morgan fingerprint density at radius 1 is 1.16 bits per heavy atom. The maximum absolute atomic E-state index is 13.4. The Bertz CT molecular complexity index is 580. The number of amides is 1. The Labute approximate surface area is 112 Å². The molecule has 0 aliphatic carbocycles. The van der Waals surface area contributed by atoms with Crippen LogP contribution < -0.4 is 5.32 Å². The number of hydrogen-bond donors (Lipinski definition) is 1. The lowest BCUT2D eigenvalue weighted by molar-refractivity contribution is -0.116. The highest BCUT2D eigenvalue weighted by Crippen LogP contribution is 2.12. The van der Waals surface area contributed by atoms with Crippen molar-refractivity contribution in [2.75, 3.05) is 5.32 Å². The molecule has 1 amide bonds. The van der Waals surface area contributed by atoms with Gasteiger partial charge in [-0.15, -0.1) is 0 Å². The molecule has 0 spiro atoms. The molecule has 98 valence electrons. The van der Waals surface area contributed by atoms with Gasteiger partial charge in [0, 0.05) is 12.1 Å². The first-order valence-corrected chi connectivity index (χ1v) is 6.25. The summed E-state index contributed by atoms with van der Waals surface area (Å²) in [5.41, 5.74) is 2.44. The smallest absolute Gasteiger partial charge is 0.224 e. The van der Waals surface area contributed by atoms with Crippen LogP contribution in [-0.4, -0.2) is 5.91 Å². The highest BCUT2D eigenvalue weighted by atomic mass is 19.1. The molecule has 2 rings (SSSR count). The van der Waals surface area contributed by atoms with Gasteiger partial charge in [0.15, 0.2) is 0 Å². The number of hydrogen-bond acceptors (Lipinski definition) is 1. The number of carbonyl (C=O) groups excluding carboxylic acids is 1. The Kier molecular flexibility index (Phi) is 4.29. The molecule has 0 bridgehead atoms. The van der Waals surface area contributed by atoms with Gasteiger partial charge in [0.2, 0.25) is 5.91 Å². The van der Waals surface area contributed by atoms with E-state index in [0.717, 1.165) is 11.3 Å². The minimum atomic E-state index is -0.258. The monoisotopic (exact) mass is 257 g/mol. The zero-order valence-electron chi connectivity index (χ0n) is 10.8. The fourth-order valence-corrected chi connectivity index (χ4v) is 1.90. The minimum absolute atomic E-state index is 0.103. The Balaban J connectivity index is 1.90. The van der Waals surface area contributed by atoms with Crippen molar-refractivity contribution in [1.29, 1.82) is 0 Å². The third-order valence-electron chi connectivity index (χ3n) is 2.88. The van der Waals surface area contributed by atoms with E-state index >= 15 is 0 Å². The summed E-state index contributed by atoms with van der Waals surface area (Å²) in [7, 11) is 0. The van der Waals surface area contributed by atoms with Crippen molar-refractivity contribution < 1.29 is 9.18 Å². The molecule has 0 saturated heterocycles. The fraction of sp³-hybridized carbons (Fsp3) is 0.188. The number of benzene rings is 2. The van der Waals surface area contributed by atoms with Gasteiger partial charge in [0.05, 0.1) is 0 Å². The second-order valence-corrected chi connectivity index (χ2v) is 4.51. The van der Waals surface area contributed by atoms with Crippen molar-refractivity contribution in [1.82, 2.24) is 0 Å². The number of aryl methyl sites for hydroxylation is 2. The van der Waals surface area contributed by atoms with Crippen molar-refractivity contribution >= 4 is 11.6 Å². The van der Waals surface area contributed by atoms with Crippen LogP contribution in [0.2, 0.25) is 0 Å². The minimum Gasteiger partial charge on any atom is -0.326 e. The maximum Gasteiger partial charge on any atom is 0.224 e. The van der Waals surface area contributed by atoms with Crippen LogP contribution in [0.25, 0.3) is 0 Å². The largest absolute Gasteiger partial charge is 0.326 e. The van der Waals surface area contributed by atoms with E-state index in [1.54, 1.807) is 18.2 Å². The molecule has 0 atom stereocenters. The van der Waals surface area contributed by atoms with Gasteiger partial charge in [-0.2, -0.15) is 0 Å². The fourth-order valence-electron chi connectivity index (χ4n) is 1.90. The number of nitrogens with one attached hydrogen (secondary N) is 1. The van der Waals surface area contributed by atoms with Crippen LogP contribution in [-0.2, 0) is 11.2 Å². The van der Waals surface area contributed by atoms with Gasteiger partial charge in [-0.05, 0) is 42.7 Å². The summed E-state index contributed by atoms with van der Waals surface area (Å²) in [6, 6.07) is 14.1. The van der Waals surface area contributed by atoms with E-state index in [2.05, 4.69) is 5.32 Å². The van der Waals surface area contributed by atoms with E-state index in [-0.39, 0.29) is 18.1 Å². The molecule has 0 aliphatic rings. The van der Waals surface area contributed by atoms with Gasteiger partial charge in [0.1, 0.15) is 5.82 Å². The number of carbonyl (C=O) groups is 1. The van der Waals surface area contributed by atoms with Crippen molar-refractivity contribution in [3.05, 3.63) is 65.5 Å². The molecule has 0 heterocycles. The highest BCUT2D eigenvalue weighted by Gasteiger charge is 2.06. The third kappa shape index (κ3) is 3.91. The summed E-state index contributed by atoms with van der Waals surface area (Å²) in [5.74, 6) is -0.361. The Morgan fingerprint density at radius 2 is 1.95 bits per heavy atom. The Morgan fingerprint density at radius 3 is 2.68 bits per heavy atom. The normalized spacial score (nSPS) is 10.2. The molecule has 0 aliphatic heterocycles. The molecule has 0 fully saturated rings. The average Bonchev–Trinajstić information content (AvgIpc) is 2.38. The first kappa shape index (κ1) is 13.3. The summed E-state index contributed by atoms with van der Waals surface area (Å²) in [4.78, 5) is 11.8. The first-order valence-electron chi connectivity index (χ1n) is 6.25.